The number of thiazole rings is 1. The summed E-state index contributed by atoms with van der Waals surface area (Å²) in [4.78, 5) is 16.7. The van der Waals surface area contributed by atoms with Crippen molar-refractivity contribution in [3.63, 3.8) is 0 Å². The van der Waals surface area contributed by atoms with Gasteiger partial charge in [-0.1, -0.05) is 48.5 Å². The molecule has 0 aliphatic carbocycles. The topological polar surface area (TPSA) is 42.0 Å². The largest absolute Gasteiger partial charge is 0.321 e. The van der Waals surface area contributed by atoms with Crippen molar-refractivity contribution in [2.24, 2.45) is 0 Å². The fourth-order valence-corrected chi connectivity index (χ4v) is 3.28. The summed E-state index contributed by atoms with van der Waals surface area (Å²) in [6.07, 6.45) is 1.85. The van der Waals surface area contributed by atoms with Gasteiger partial charge in [0.15, 0.2) is 0 Å². The van der Waals surface area contributed by atoms with Crippen LogP contribution in [0.3, 0.4) is 0 Å². The lowest BCUT2D eigenvalue weighted by molar-refractivity contribution is -0.110. The molecule has 4 heteroatoms. The monoisotopic (exact) mass is 304 g/mol. The van der Waals surface area contributed by atoms with E-state index in [-0.39, 0.29) is 5.91 Å². The third-order valence-corrected chi connectivity index (χ3v) is 4.45. The van der Waals surface area contributed by atoms with Gasteiger partial charge in [0.25, 0.3) is 5.91 Å². The van der Waals surface area contributed by atoms with Crippen molar-refractivity contribution in [1.82, 2.24) is 4.98 Å². The number of aromatic nitrogens is 1. The highest BCUT2D eigenvalue weighted by Crippen LogP contribution is 2.33. The molecule has 4 rings (SSSR count). The first kappa shape index (κ1) is 13.0. The van der Waals surface area contributed by atoms with E-state index in [9.17, 15) is 4.79 Å². The molecule has 0 bridgehead atoms. The van der Waals surface area contributed by atoms with Crippen molar-refractivity contribution in [2.45, 2.75) is 0 Å². The highest BCUT2D eigenvalue weighted by atomic mass is 32.1. The Morgan fingerprint density at radius 2 is 1.77 bits per heavy atom. The molecular weight excluding hydrogens is 292 g/mol. The van der Waals surface area contributed by atoms with E-state index in [0.29, 0.717) is 5.57 Å². The Labute approximate surface area is 132 Å². The van der Waals surface area contributed by atoms with Crippen LogP contribution >= 0.6 is 11.3 Å². The Hall–Kier alpha value is -2.72. The van der Waals surface area contributed by atoms with E-state index in [2.05, 4.69) is 10.3 Å². The van der Waals surface area contributed by atoms with E-state index in [1.54, 1.807) is 11.3 Å². The van der Waals surface area contributed by atoms with Gasteiger partial charge in [-0.2, -0.15) is 0 Å². The van der Waals surface area contributed by atoms with Crippen molar-refractivity contribution >= 4 is 34.6 Å². The number of nitrogens with zero attached hydrogens (tertiary/aromatic N) is 1. The molecule has 1 aromatic heterocycles. The summed E-state index contributed by atoms with van der Waals surface area (Å²) in [5, 5.41) is 5.81. The zero-order valence-electron chi connectivity index (χ0n) is 11.6. The van der Waals surface area contributed by atoms with Crippen molar-refractivity contribution in [3.8, 4) is 10.6 Å². The molecule has 2 heterocycles. The summed E-state index contributed by atoms with van der Waals surface area (Å²) in [6.45, 7) is 0. The maximum Gasteiger partial charge on any atom is 0.256 e. The second-order valence-electron chi connectivity index (χ2n) is 5.00. The van der Waals surface area contributed by atoms with Crippen LogP contribution in [0.2, 0.25) is 0 Å². The van der Waals surface area contributed by atoms with Gasteiger partial charge in [0.05, 0.1) is 11.3 Å². The third kappa shape index (κ3) is 2.23. The minimum Gasteiger partial charge on any atom is -0.321 e. The van der Waals surface area contributed by atoms with Gasteiger partial charge in [-0.3, -0.25) is 4.79 Å². The number of para-hydroxylation sites is 1. The molecule has 22 heavy (non-hydrogen) atoms. The van der Waals surface area contributed by atoms with Crippen LogP contribution in [0.1, 0.15) is 11.3 Å². The quantitative estimate of drug-likeness (QED) is 0.717. The standard InChI is InChI=1S/C18H12N2OS/c21-17-15(14-8-4-5-9-16(14)20-17)10-13-11-22-18(19-13)12-6-2-1-3-7-12/h1-11H,(H,20,21)/b15-10-. The van der Waals surface area contributed by atoms with Crippen LogP contribution in [0.25, 0.3) is 22.2 Å². The molecule has 0 fully saturated rings. The zero-order chi connectivity index (χ0) is 14.9. The second kappa shape index (κ2) is 5.24. The predicted molar refractivity (Wildman–Crippen MR) is 90.5 cm³/mol. The lowest BCUT2D eigenvalue weighted by atomic mass is 10.1. The fraction of sp³-hybridized carbons (Fsp3) is 0. The molecule has 3 aromatic rings. The molecular formula is C18H12N2OS. The van der Waals surface area contributed by atoms with Crippen LogP contribution in [-0.4, -0.2) is 10.9 Å². The van der Waals surface area contributed by atoms with Gasteiger partial charge in [0.2, 0.25) is 0 Å². The number of carbonyl (C=O) groups excluding carboxylic acids is 1. The van der Waals surface area contributed by atoms with E-state index in [1.807, 2.05) is 66.1 Å². The Morgan fingerprint density at radius 3 is 2.64 bits per heavy atom. The van der Waals surface area contributed by atoms with Gasteiger partial charge in [-0.25, -0.2) is 4.98 Å². The van der Waals surface area contributed by atoms with Crippen LogP contribution in [0.4, 0.5) is 5.69 Å². The van der Waals surface area contributed by atoms with Crippen LogP contribution in [-0.2, 0) is 4.79 Å². The number of hydrogen-bond acceptors (Lipinski definition) is 3. The summed E-state index contributed by atoms with van der Waals surface area (Å²) in [6, 6.07) is 17.8. The van der Waals surface area contributed by atoms with E-state index in [1.165, 1.54) is 0 Å². The molecule has 0 spiro atoms. The Morgan fingerprint density at radius 1 is 1.00 bits per heavy atom. The molecule has 106 valence electrons. The van der Waals surface area contributed by atoms with Crippen molar-refractivity contribution in [1.29, 1.82) is 0 Å². The Balaban J connectivity index is 1.72. The minimum atomic E-state index is -0.0736. The Kier molecular flexibility index (Phi) is 3.09. The molecule has 1 N–H and O–H groups in total. The van der Waals surface area contributed by atoms with Crippen LogP contribution in [0, 0.1) is 0 Å². The molecule has 1 aliphatic rings. The third-order valence-electron chi connectivity index (χ3n) is 3.54. The summed E-state index contributed by atoms with van der Waals surface area (Å²) in [5.74, 6) is -0.0736. The molecule has 3 nitrogen and oxygen atoms in total. The molecule has 0 saturated carbocycles. The lowest BCUT2D eigenvalue weighted by Gasteiger charge is -1.96. The van der Waals surface area contributed by atoms with Gasteiger partial charge in [-0.05, 0) is 12.1 Å². The van der Waals surface area contributed by atoms with E-state index in [0.717, 1.165) is 27.5 Å². The van der Waals surface area contributed by atoms with Crippen molar-refractivity contribution < 1.29 is 4.79 Å². The molecule has 1 aliphatic heterocycles. The zero-order valence-corrected chi connectivity index (χ0v) is 12.4. The van der Waals surface area contributed by atoms with Crippen LogP contribution in [0.15, 0.2) is 60.0 Å². The average molecular weight is 304 g/mol. The van der Waals surface area contributed by atoms with Crippen LogP contribution in [0.5, 0.6) is 0 Å². The number of hydrogen-bond donors (Lipinski definition) is 1. The summed E-state index contributed by atoms with van der Waals surface area (Å²) >= 11 is 1.58. The van der Waals surface area contributed by atoms with E-state index >= 15 is 0 Å². The summed E-state index contributed by atoms with van der Waals surface area (Å²) in [7, 11) is 0. The average Bonchev–Trinajstić information content (AvgIpc) is 3.14. The van der Waals surface area contributed by atoms with Gasteiger partial charge >= 0.3 is 0 Å². The molecule has 2 aromatic carbocycles. The molecule has 0 unspecified atom stereocenters. The van der Waals surface area contributed by atoms with Crippen molar-refractivity contribution in [2.75, 3.05) is 5.32 Å². The van der Waals surface area contributed by atoms with Gasteiger partial charge in [0.1, 0.15) is 5.01 Å². The summed E-state index contributed by atoms with van der Waals surface area (Å²) in [5.41, 5.74) is 4.36. The SMILES string of the molecule is O=C1Nc2ccccc2/C1=C/c1csc(-c2ccccc2)n1. The van der Waals surface area contributed by atoms with E-state index < -0.39 is 0 Å². The lowest BCUT2D eigenvalue weighted by Crippen LogP contribution is -2.03. The highest BCUT2D eigenvalue weighted by molar-refractivity contribution is 7.13. The maximum absolute atomic E-state index is 12.1. The highest BCUT2D eigenvalue weighted by Gasteiger charge is 2.23. The number of anilines is 1. The normalized spacial score (nSPS) is 14.9. The number of amides is 1. The number of rotatable bonds is 2. The fourth-order valence-electron chi connectivity index (χ4n) is 2.50. The van der Waals surface area contributed by atoms with E-state index in [4.69, 9.17) is 0 Å². The number of nitrogens with one attached hydrogen (secondary N) is 1. The molecule has 0 saturated heterocycles. The predicted octanol–water partition coefficient (Wildman–Crippen LogP) is 4.30. The molecule has 0 atom stereocenters. The van der Waals surface area contributed by atoms with Crippen LogP contribution < -0.4 is 5.32 Å². The number of benzene rings is 2. The van der Waals surface area contributed by atoms with Gasteiger partial charge in [-0.15, -0.1) is 11.3 Å². The first-order valence-corrected chi connectivity index (χ1v) is 7.82. The smallest absolute Gasteiger partial charge is 0.256 e. The minimum absolute atomic E-state index is 0.0736. The maximum atomic E-state index is 12.1. The first-order chi connectivity index (χ1) is 10.8. The van der Waals surface area contributed by atoms with Gasteiger partial charge in [0, 0.05) is 22.2 Å². The van der Waals surface area contributed by atoms with Crippen molar-refractivity contribution in [3.05, 3.63) is 71.2 Å². The molecule has 1 amide bonds. The number of carbonyl (C=O) groups is 1. The summed E-state index contributed by atoms with van der Waals surface area (Å²) < 4.78 is 0. The second-order valence-corrected chi connectivity index (χ2v) is 5.86. The molecule has 0 radical (unpaired) electrons. The number of fused-ring (bicyclic) bond motifs is 1. The first-order valence-electron chi connectivity index (χ1n) is 6.95. The van der Waals surface area contributed by atoms with Gasteiger partial charge < -0.3 is 5.32 Å². The Bertz CT molecular complexity index is 881.